The van der Waals surface area contributed by atoms with Crippen LogP contribution in [0.15, 0.2) is 72.0 Å². The van der Waals surface area contributed by atoms with Crippen molar-refractivity contribution in [3.8, 4) is 0 Å². The maximum Gasteiger partial charge on any atom is 0.234 e. The Morgan fingerprint density at radius 2 is 1.88 bits per heavy atom. The van der Waals surface area contributed by atoms with E-state index in [1.165, 1.54) is 0 Å². The molecule has 5 nitrogen and oxygen atoms in total. The Bertz CT molecular complexity index is 771. The van der Waals surface area contributed by atoms with Gasteiger partial charge in [0.2, 0.25) is 5.91 Å². The highest BCUT2D eigenvalue weighted by Crippen LogP contribution is 2.19. The first-order valence-corrected chi connectivity index (χ1v) is 7.90. The van der Waals surface area contributed by atoms with Crippen molar-refractivity contribution in [2.24, 2.45) is 16.8 Å². The topological polar surface area (TPSA) is 70.7 Å². The van der Waals surface area contributed by atoms with Crippen molar-refractivity contribution in [1.82, 2.24) is 5.32 Å². The molecule has 6 heteroatoms. The standard InChI is InChI=1S/C18H17ClN4O/c19-14-8-6-13(7-9-14)12-21-18(24)16-10-11-23(22-17(16)20)15-4-2-1-3-5-15/h1-11,16H,12H2,(H2,20,22)(H,21,24). The number of hydrazone groups is 1. The first-order valence-electron chi connectivity index (χ1n) is 7.52. The summed E-state index contributed by atoms with van der Waals surface area (Å²) in [6, 6.07) is 16.9. The average molecular weight is 341 g/mol. The van der Waals surface area contributed by atoms with Crippen LogP contribution in [-0.2, 0) is 11.3 Å². The van der Waals surface area contributed by atoms with Crippen LogP contribution in [0.4, 0.5) is 5.69 Å². The van der Waals surface area contributed by atoms with Crippen molar-refractivity contribution < 1.29 is 4.79 Å². The quantitative estimate of drug-likeness (QED) is 0.899. The first kappa shape index (κ1) is 16.1. The van der Waals surface area contributed by atoms with E-state index in [0.717, 1.165) is 11.3 Å². The van der Waals surface area contributed by atoms with Gasteiger partial charge in [-0.05, 0) is 35.9 Å². The fourth-order valence-corrected chi connectivity index (χ4v) is 2.46. The summed E-state index contributed by atoms with van der Waals surface area (Å²) in [5, 5.41) is 9.46. The Kier molecular flexibility index (Phi) is 4.82. The van der Waals surface area contributed by atoms with Gasteiger partial charge in [0, 0.05) is 17.8 Å². The van der Waals surface area contributed by atoms with Crippen LogP contribution in [0.1, 0.15) is 5.56 Å². The number of rotatable bonds is 4. The molecule has 3 rings (SSSR count). The minimum atomic E-state index is -0.572. The number of amidine groups is 1. The molecule has 122 valence electrons. The Morgan fingerprint density at radius 3 is 2.54 bits per heavy atom. The summed E-state index contributed by atoms with van der Waals surface area (Å²) < 4.78 is 0. The number of nitrogens with zero attached hydrogens (tertiary/aromatic N) is 2. The molecule has 2 aromatic rings. The third kappa shape index (κ3) is 3.75. The number of carbonyl (C=O) groups excluding carboxylic acids is 1. The van der Waals surface area contributed by atoms with Gasteiger partial charge in [-0.2, -0.15) is 5.10 Å². The summed E-state index contributed by atoms with van der Waals surface area (Å²) in [6.07, 6.45) is 3.49. The zero-order valence-corrected chi connectivity index (χ0v) is 13.6. The molecule has 2 aromatic carbocycles. The van der Waals surface area contributed by atoms with Crippen LogP contribution in [0.2, 0.25) is 5.02 Å². The lowest BCUT2D eigenvalue weighted by molar-refractivity contribution is -0.122. The second-order valence-electron chi connectivity index (χ2n) is 5.37. The van der Waals surface area contributed by atoms with Crippen LogP contribution in [0.3, 0.4) is 0 Å². The first-order chi connectivity index (χ1) is 11.6. The number of nitrogens with two attached hydrogens (primary N) is 1. The number of hydrogen-bond acceptors (Lipinski definition) is 4. The summed E-state index contributed by atoms with van der Waals surface area (Å²) in [5.74, 6) is -0.498. The molecule has 1 aliphatic rings. The zero-order chi connectivity index (χ0) is 16.9. The second-order valence-corrected chi connectivity index (χ2v) is 5.80. The van der Waals surface area contributed by atoms with Gasteiger partial charge in [-0.15, -0.1) is 0 Å². The van der Waals surface area contributed by atoms with E-state index in [2.05, 4.69) is 10.4 Å². The monoisotopic (exact) mass is 340 g/mol. The van der Waals surface area contributed by atoms with Crippen LogP contribution in [0.25, 0.3) is 0 Å². The number of anilines is 1. The van der Waals surface area contributed by atoms with Gasteiger partial charge in [0.25, 0.3) is 0 Å². The summed E-state index contributed by atoms with van der Waals surface area (Å²) in [7, 11) is 0. The highest BCUT2D eigenvalue weighted by atomic mass is 35.5. The van der Waals surface area contributed by atoms with Crippen LogP contribution < -0.4 is 16.1 Å². The maximum atomic E-state index is 12.3. The van der Waals surface area contributed by atoms with Crippen molar-refractivity contribution in [2.75, 3.05) is 5.01 Å². The number of benzene rings is 2. The molecule has 1 atom stereocenters. The Hall–Kier alpha value is -2.79. The van der Waals surface area contributed by atoms with Gasteiger partial charge in [0.15, 0.2) is 0 Å². The normalized spacial score (nSPS) is 16.6. The summed E-state index contributed by atoms with van der Waals surface area (Å²) in [5.41, 5.74) is 7.83. The van der Waals surface area contributed by atoms with Gasteiger partial charge in [-0.1, -0.05) is 41.9 Å². The molecule has 0 bridgehead atoms. The molecule has 0 aliphatic carbocycles. The molecular formula is C18H17ClN4O. The molecule has 0 spiro atoms. The Morgan fingerprint density at radius 1 is 1.17 bits per heavy atom. The molecule has 3 N–H and O–H groups in total. The highest BCUT2D eigenvalue weighted by Gasteiger charge is 2.23. The number of para-hydroxylation sites is 1. The fraction of sp³-hybridized carbons (Fsp3) is 0.111. The summed E-state index contributed by atoms with van der Waals surface area (Å²) in [4.78, 5) is 12.3. The van der Waals surface area contributed by atoms with E-state index < -0.39 is 5.92 Å². The molecule has 0 fully saturated rings. The van der Waals surface area contributed by atoms with Crippen molar-refractivity contribution >= 4 is 29.0 Å². The summed E-state index contributed by atoms with van der Waals surface area (Å²) >= 11 is 5.85. The number of nitrogens with one attached hydrogen (secondary N) is 1. The number of halogens is 1. The maximum absolute atomic E-state index is 12.3. The molecule has 24 heavy (non-hydrogen) atoms. The predicted molar refractivity (Wildman–Crippen MR) is 96.5 cm³/mol. The molecular weight excluding hydrogens is 324 g/mol. The largest absolute Gasteiger partial charge is 0.385 e. The van der Waals surface area contributed by atoms with Gasteiger partial charge >= 0.3 is 0 Å². The van der Waals surface area contributed by atoms with Crippen LogP contribution in [0.5, 0.6) is 0 Å². The van der Waals surface area contributed by atoms with Gasteiger partial charge in [-0.25, -0.2) is 5.01 Å². The van der Waals surface area contributed by atoms with Gasteiger partial charge in [0.05, 0.1) is 5.69 Å². The SMILES string of the molecule is NC1=NN(c2ccccc2)C=CC1C(=O)NCc1ccc(Cl)cc1. The fourth-order valence-electron chi connectivity index (χ4n) is 2.33. The van der Waals surface area contributed by atoms with E-state index >= 15 is 0 Å². The average Bonchev–Trinajstić information content (AvgIpc) is 2.61. The third-order valence-electron chi connectivity index (χ3n) is 3.64. The van der Waals surface area contributed by atoms with Crippen LogP contribution in [0, 0.1) is 5.92 Å². The molecule has 1 amide bonds. The van der Waals surface area contributed by atoms with Crippen molar-refractivity contribution in [3.05, 3.63) is 77.5 Å². The predicted octanol–water partition coefficient (Wildman–Crippen LogP) is 2.88. The van der Waals surface area contributed by atoms with Crippen LogP contribution in [-0.4, -0.2) is 11.7 Å². The molecule has 1 heterocycles. The highest BCUT2D eigenvalue weighted by molar-refractivity contribution is 6.30. The molecule has 1 unspecified atom stereocenters. The number of carbonyl (C=O) groups is 1. The van der Waals surface area contributed by atoms with Crippen molar-refractivity contribution in [3.63, 3.8) is 0 Å². The van der Waals surface area contributed by atoms with E-state index in [-0.39, 0.29) is 11.7 Å². The van der Waals surface area contributed by atoms with Gasteiger partial charge in [0.1, 0.15) is 11.8 Å². The van der Waals surface area contributed by atoms with Crippen molar-refractivity contribution in [2.45, 2.75) is 6.54 Å². The minimum absolute atomic E-state index is 0.185. The zero-order valence-electron chi connectivity index (χ0n) is 12.9. The summed E-state index contributed by atoms with van der Waals surface area (Å²) in [6.45, 7) is 0.413. The molecule has 0 radical (unpaired) electrons. The van der Waals surface area contributed by atoms with Gasteiger partial charge in [-0.3, -0.25) is 4.79 Å². The van der Waals surface area contributed by atoms with E-state index in [4.69, 9.17) is 17.3 Å². The number of hydrogen-bond donors (Lipinski definition) is 2. The lowest BCUT2D eigenvalue weighted by Gasteiger charge is -2.23. The van der Waals surface area contributed by atoms with Crippen molar-refractivity contribution in [1.29, 1.82) is 0 Å². The van der Waals surface area contributed by atoms with E-state index in [1.807, 2.05) is 42.5 Å². The van der Waals surface area contributed by atoms with Crippen LogP contribution >= 0.6 is 11.6 Å². The second kappa shape index (κ2) is 7.19. The lowest BCUT2D eigenvalue weighted by atomic mass is 10.1. The molecule has 1 aliphatic heterocycles. The lowest BCUT2D eigenvalue weighted by Crippen LogP contribution is -2.40. The minimum Gasteiger partial charge on any atom is -0.385 e. The van der Waals surface area contributed by atoms with E-state index in [1.54, 1.807) is 29.4 Å². The third-order valence-corrected chi connectivity index (χ3v) is 3.90. The molecule has 0 aromatic heterocycles. The molecule has 0 saturated heterocycles. The smallest absolute Gasteiger partial charge is 0.234 e. The van der Waals surface area contributed by atoms with E-state index in [9.17, 15) is 4.79 Å². The Labute approximate surface area is 145 Å². The van der Waals surface area contributed by atoms with Gasteiger partial charge < -0.3 is 11.1 Å². The van der Waals surface area contributed by atoms with E-state index in [0.29, 0.717) is 11.6 Å². The molecule has 0 saturated carbocycles. The number of amides is 1. The Balaban J connectivity index is 1.62.